The summed E-state index contributed by atoms with van der Waals surface area (Å²) in [7, 11) is 0. The van der Waals surface area contributed by atoms with E-state index in [1.54, 1.807) is 12.1 Å². The summed E-state index contributed by atoms with van der Waals surface area (Å²) >= 11 is 0. The molecule has 0 aromatic heterocycles. The summed E-state index contributed by atoms with van der Waals surface area (Å²) in [4.78, 5) is 0. The summed E-state index contributed by atoms with van der Waals surface area (Å²) in [6.07, 6.45) is 7.13. The highest BCUT2D eigenvalue weighted by atomic mass is 19.1. The van der Waals surface area contributed by atoms with Gasteiger partial charge in [-0.15, -0.1) is 0 Å². The number of nitrogens with zero attached hydrogens (tertiary/aromatic N) is 1. The molecule has 0 radical (unpaired) electrons. The van der Waals surface area contributed by atoms with Gasteiger partial charge in [-0.05, 0) is 37.1 Å². The second-order valence-corrected chi connectivity index (χ2v) is 4.62. The van der Waals surface area contributed by atoms with Gasteiger partial charge in [0, 0.05) is 5.70 Å². The van der Waals surface area contributed by atoms with Crippen molar-refractivity contribution in [2.75, 3.05) is 0 Å². The van der Waals surface area contributed by atoms with Crippen LogP contribution in [-0.2, 0) is 0 Å². The summed E-state index contributed by atoms with van der Waals surface area (Å²) < 4.78 is 12.9. The molecule has 1 aliphatic heterocycles. The second-order valence-electron chi connectivity index (χ2n) is 4.62. The predicted molar refractivity (Wildman–Crippen MR) is 66.0 cm³/mol. The Labute approximate surface area is 99.5 Å². The molecule has 1 aromatic rings. The lowest BCUT2D eigenvalue weighted by molar-refractivity contribution is 0.553. The maximum absolute atomic E-state index is 12.9. The first kappa shape index (κ1) is 10.3. The maximum atomic E-state index is 12.9. The topological polar surface area (TPSA) is 24.4 Å². The molecule has 1 aliphatic carbocycles. The fourth-order valence-corrected chi connectivity index (χ4v) is 2.38. The Bertz CT molecular complexity index is 540. The van der Waals surface area contributed by atoms with Crippen molar-refractivity contribution in [2.45, 2.75) is 13.3 Å². The zero-order chi connectivity index (χ0) is 11.9. The van der Waals surface area contributed by atoms with Crippen LogP contribution in [0.1, 0.15) is 18.9 Å². The summed E-state index contributed by atoms with van der Waals surface area (Å²) in [6.45, 7) is 2.16. The predicted octanol–water partition coefficient (Wildman–Crippen LogP) is 2.98. The number of hydrogen-bond acceptors (Lipinski definition) is 2. The Kier molecular flexibility index (Phi) is 2.15. The van der Waals surface area contributed by atoms with Crippen molar-refractivity contribution in [2.24, 2.45) is 10.5 Å². The van der Waals surface area contributed by atoms with Crippen molar-refractivity contribution in [1.29, 1.82) is 0 Å². The van der Waals surface area contributed by atoms with Gasteiger partial charge in [-0.25, -0.2) is 4.39 Å². The van der Waals surface area contributed by atoms with Crippen molar-refractivity contribution in [1.82, 2.24) is 5.43 Å². The van der Waals surface area contributed by atoms with Crippen LogP contribution < -0.4 is 5.43 Å². The van der Waals surface area contributed by atoms with E-state index < -0.39 is 0 Å². The van der Waals surface area contributed by atoms with Crippen LogP contribution in [0.3, 0.4) is 0 Å². The maximum Gasteiger partial charge on any atom is 0.123 e. The van der Waals surface area contributed by atoms with Gasteiger partial charge in [0.1, 0.15) is 5.82 Å². The Hall–Kier alpha value is -1.90. The summed E-state index contributed by atoms with van der Waals surface area (Å²) in [5, 5.41) is 4.39. The van der Waals surface area contributed by atoms with Crippen molar-refractivity contribution in [3.8, 4) is 0 Å². The number of hydrogen-bond donors (Lipinski definition) is 1. The Balaban J connectivity index is 2.03. The van der Waals surface area contributed by atoms with Crippen molar-refractivity contribution < 1.29 is 4.39 Å². The van der Waals surface area contributed by atoms with Crippen LogP contribution in [0.5, 0.6) is 0 Å². The van der Waals surface area contributed by atoms with E-state index in [0.717, 1.165) is 23.4 Å². The first-order valence-corrected chi connectivity index (χ1v) is 5.67. The minimum Gasteiger partial charge on any atom is -0.281 e. The van der Waals surface area contributed by atoms with E-state index >= 15 is 0 Å². The molecular weight excluding hydrogens is 215 g/mol. The highest BCUT2D eigenvalue weighted by Gasteiger charge is 2.39. The molecule has 0 spiro atoms. The minimum atomic E-state index is -0.218. The smallest absolute Gasteiger partial charge is 0.123 e. The molecule has 0 bridgehead atoms. The molecular formula is C14H13FN2. The van der Waals surface area contributed by atoms with Crippen LogP contribution in [-0.4, -0.2) is 5.71 Å². The van der Waals surface area contributed by atoms with E-state index in [1.807, 2.05) is 12.2 Å². The standard InChI is InChI=1S/C14H13FN2/c1-14-9-3-2-4-12(14)16-17-13(14)10-5-7-11(15)8-6-10/h2-8,16H,9H2,1H3. The molecule has 0 saturated heterocycles. The largest absolute Gasteiger partial charge is 0.281 e. The molecule has 0 saturated carbocycles. The molecule has 0 amide bonds. The number of nitrogens with one attached hydrogen (secondary N) is 1. The first-order valence-electron chi connectivity index (χ1n) is 5.67. The van der Waals surface area contributed by atoms with E-state index in [0.29, 0.717) is 0 Å². The molecule has 1 N–H and O–H groups in total. The molecule has 0 fully saturated rings. The molecule has 17 heavy (non-hydrogen) atoms. The average molecular weight is 228 g/mol. The molecule has 1 unspecified atom stereocenters. The minimum absolute atomic E-state index is 0.105. The van der Waals surface area contributed by atoms with Crippen LogP contribution in [0, 0.1) is 11.2 Å². The lowest BCUT2D eigenvalue weighted by Crippen LogP contribution is -2.29. The van der Waals surface area contributed by atoms with Crippen LogP contribution in [0.15, 0.2) is 53.3 Å². The monoisotopic (exact) mass is 228 g/mol. The quantitative estimate of drug-likeness (QED) is 0.785. The molecule has 1 atom stereocenters. The van der Waals surface area contributed by atoms with Gasteiger partial charge < -0.3 is 0 Å². The number of hydrazone groups is 1. The van der Waals surface area contributed by atoms with Crippen molar-refractivity contribution in [3.05, 3.63) is 59.6 Å². The highest BCUT2D eigenvalue weighted by molar-refractivity contribution is 6.07. The zero-order valence-corrected chi connectivity index (χ0v) is 9.57. The van der Waals surface area contributed by atoms with Gasteiger partial charge in [-0.2, -0.15) is 5.10 Å². The second kappa shape index (κ2) is 3.55. The third kappa shape index (κ3) is 1.50. The number of rotatable bonds is 1. The number of benzene rings is 1. The average Bonchev–Trinajstić information content (AvgIpc) is 2.67. The Morgan fingerprint density at radius 2 is 2.06 bits per heavy atom. The summed E-state index contributed by atoms with van der Waals surface area (Å²) in [5.41, 5.74) is 6.02. The van der Waals surface area contributed by atoms with Crippen LogP contribution >= 0.6 is 0 Å². The summed E-state index contributed by atoms with van der Waals surface area (Å²) in [6, 6.07) is 6.51. The van der Waals surface area contributed by atoms with E-state index in [1.165, 1.54) is 12.1 Å². The SMILES string of the molecule is CC12CC=CC=C1NN=C2c1ccc(F)cc1. The number of fused-ring (bicyclic) bond motifs is 1. The van der Waals surface area contributed by atoms with Gasteiger partial charge in [0.2, 0.25) is 0 Å². The van der Waals surface area contributed by atoms with E-state index in [2.05, 4.69) is 23.5 Å². The lowest BCUT2D eigenvalue weighted by atomic mass is 9.75. The van der Waals surface area contributed by atoms with Gasteiger partial charge in [-0.1, -0.05) is 24.3 Å². The Morgan fingerprint density at radius 1 is 1.29 bits per heavy atom. The third-order valence-electron chi connectivity index (χ3n) is 3.45. The number of halogens is 1. The molecule has 3 heteroatoms. The van der Waals surface area contributed by atoms with Gasteiger partial charge in [0.05, 0.1) is 11.1 Å². The zero-order valence-electron chi connectivity index (χ0n) is 9.57. The fraction of sp³-hybridized carbons (Fsp3) is 0.214. The van der Waals surface area contributed by atoms with E-state index in [-0.39, 0.29) is 11.2 Å². The molecule has 3 rings (SSSR count). The lowest BCUT2D eigenvalue weighted by Gasteiger charge is -2.27. The van der Waals surface area contributed by atoms with Crippen molar-refractivity contribution in [3.63, 3.8) is 0 Å². The van der Waals surface area contributed by atoms with E-state index in [9.17, 15) is 4.39 Å². The molecule has 2 nitrogen and oxygen atoms in total. The third-order valence-corrected chi connectivity index (χ3v) is 3.45. The van der Waals surface area contributed by atoms with Crippen LogP contribution in [0.2, 0.25) is 0 Å². The van der Waals surface area contributed by atoms with Crippen molar-refractivity contribution >= 4 is 5.71 Å². The molecule has 2 aliphatic rings. The van der Waals surface area contributed by atoms with Gasteiger partial charge in [0.25, 0.3) is 0 Å². The van der Waals surface area contributed by atoms with Gasteiger partial charge >= 0.3 is 0 Å². The highest BCUT2D eigenvalue weighted by Crippen LogP contribution is 2.40. The van der Waals surface area contributed by atoms with Gasteiger partial charge in [0.15, 0.2) is 0 Å². The Morgan fingerprint density at radius 3 is 2.82 bits per heavy atom. The number of allylic oxidation sites excluding steroid dienone is 4. The normalized spacial score (nSPS) is 26.0. The molecule has 1 aromatic carbocycles. The van der Waals surface area contributed by atoms with Crippen LogP contribution in [0.4, 0.5) is 4.39 Å². The fourth-order valence-electron chi connectivity index (χ4n) is 2.38. The van der Waals surface area contributed by atoms with Crippen LogP contribution in [0.25, 0.3) is 0 Å². The van der Waals surface area contributed by atoms with Gasteiger partial charge in [-0.3, -0.25) is 5.43 Å². The summed E-state index contributed by atoms with van der Waals surface area (Å²) in [5.74, 6) is -0.218. The molecule has 86 valence electrons. The van der Waals surface area contributed by atoms with E-state index in [4.69, 9.17) is 0 Å². The first-order chi connectivity index (χ1) is 8.20. The molecule has 1 heterocycles.